The van der Waals surface area contributed by atoms with E-state index < -0.39 is 0 Å². The van der Waals surface area contributed by atoms with Gasteiger partial charge in [-0.25, -0.2) is 0 Å². The second kappa shape index (κ2) is 6.25. The van der Waals surface area contributed by atoms with Crippen LogP contribution in [0.1, 0.15) is 36.0 Å². The van der Waals surface area contributed by atoms with Gasteiger partial charge in [-0.15, -0.1) is 12.4 Å². The maximum absolute atomic E-state index is 12.2. The Hall–Kier alpha value is -0.580. The Labute approximate surface area is 124 Å². The van der Waals surface area contributed by atoms with E-state index in [1.807, 2.05) is 21.7 Å². The fraction of sp³-hybridized carbons (Fsp3) is 0.643. The van der Waals surface area contributed by atoms with Crippen molar-refractivity contribution in [3.05, 3.63) is 22.4 Å². The minimum atomic E-state index is 0. The molecule has 1 aromatic heterocycles. The summed E-state index contributed by atoms with van der Waals surface area (Å²) < 4.78 is 0. The summed E-state index contributed by atoms with van der Waals surface area (Å²) in [4.78, 5) is 14.3. The van der Waals surface area contributed by atoms with Crippen LogP contribution in [0.25, 0.3) is 0 Å². The van der Waals surface area contributed by atoms with Gasteiger partial charge in [0.2, 0.25) is 0 Å². The first-order chi connectivity index (χ1) is 8.79. The number of carbonyl (C=O) groups is 1. The molecular formula is C14H21ClN2OS. The Balaban J connectivity index is 0.00000133. The minimum absolute atomic E-state index is 0. The van der Waals surface area contributed by atoms with Crippen molar-refractivity contribution in [2.75, 3.05) is 26.2 Å². The summed E-state index contributed by atoms with van der Waals surface area (Å²) in [5, 5.41) is 7.44. The molecule has 2 fully saturated rings. The summed E-state index contributed by atoms with van der Waals surface area (Å²) in [6.07, 6.45) is 4.95. The number of piperidine rings is 2. The fourth-order valence-corrected chi connectivity index (χ4v) is 3.84. The third-order valence-corrected chi connectivity index (χ3v) is 5.12. The van der Waals surface area contributed by atoms with Crippen LogP contribution in [-0.2, 0) is 0 Å². The van der Waals surface area contributed by atoms with Crippen LogP contribution in [0.5, 0.6) is 0 Å². The van der Waals surface area contributed by atoms with E-state index in [9.17, 15) is 4.79 Å². The number of nitrogens with one attached hydrogen (secondary N) is 1. The lowest BCUT2D eigenvalue weighted by Crippen LogP contribution is -2.49. The number of rotatable bonds is 1. The van der Waals surface area contributed by atoms with Gasteiger partial charge in [0.15, 0.2) is 0 Å². The van der Waals surface area contributed by atoms with Crippen molar-refractivity contribution in [2.24, 2.45) is 5.41 Å². The Bertz CT molecular complexity index is 405. The number of thiophene rings is 1. The van der Waals surface area contributed by atoms with E-state index in [0.29, 0.717) is 5.41 Å². The smallest absolute Gasteiger partial charge is 0.254 e. The van der Waals surface area contributed by atoms with Gasteiger partial charge in [0.05, 0.1) is 5.56 Å². The summed E-state index contributed by atoms with van der Waals surface area (Å²) >= 11 is 1.60. The Morgan fingerprint density at radius 3 is 2.68 bits per heavy atom. The van der Waals surface area contributed by atoms with Gasteiger partial charge in [-0.2, -0.15) is 11.3 Å². The molecule has 3 nitrogen and oxygen atoms in total. The zero-order chi connectivity index (χ0) is 12.4. The number of carbonyl (C=O) groups excluding carboxylic acids is 1. The first kappa shape index (κ1) is 14.8. The van der Waals surface area contributed by atoms with Gasteiger partial charge in [-0.05, 0) is 49.1 Å². The summed E-state index contributed by atoms with van der Waals surface area (Å²) in [5.74, 6) is 0.217. The molecule has 19 heavy (non-hydrogen) atoms. The van der Waals surface area contributed by atoms with Crippen LogP contribution >= 0.6 is 23.7 Å². The van der Waals surface area contributed by atoms with Gasteiger partial charge in [-0.1, -0.05) is 0 Å². The topological polar surface area (TPSA) is 32.3 Å². The van der Waals surface area contributed by atoms with Gasteiger partial charge >= 0.3 is 0 Å². The predicted molar refractivity (Wildman–Crippen MR) is 81.2 cm³/mol. The number of nitrogens with zero attached hydrogens (tertiary/aromatic N) is 1. The lowest BCUT2D eigenvalue weighted by Gasteiger charge is -2.44. The van der Waals surface area contributed by atoms with Crippen LogP contribution in [0.2, 0.25) is 0 Å². The van der Waals surface area contributed by atoms with Gasteiger partial charge in [0.25, 0.3) is 5.91 Å². The molecule has 2 aliphatic heterocycles. The fourth-order valence-electron chi connectivity index (χ4n) is 3.21. The van der Waals surface area contributed by atoms with E-state index in [2.05, 4.69) is 5.32 Å². The van der Waals surface area contributed by atoms with Crippen molar-refractivity contribution in [2.45, 2.75) is 25.7 Å². The van der Waals surface area contributed by atoms with Crippen molar-refractivity contribution in [3.63, 3.8) is 0 Å². The van der Waals surface area contributed by atoms with E-state index in [-0.39, 0.29) is 18.3 Å². The van der Waals surface area contributed by atoms with Crippen molar-refractivity contribution < 1.29 is 4.79 Å². The second-order valence-corrected chi connectivity index (χ2v) is 6.36. The van der Waals surface area contributed by atoms with Crippen LogP contribution in [0.3, 0.4) is 0 Å². The summed E-state index contributed by atoms with van der Waals surface area (Å²) in [5.41, 5.74) is 1.33. The first-order valence-electron chi connectivity index (χ1n) is 6.81. The monoisotopic (exact) mass is 300 g/mol. The number of hydrogen-bond acceptors (Lipinski definition) is 3. The minimum Gasteiger partial charge on any atom is -0.339 e. The highest BCUT2D eigenvalue weighted by Crippen LogP contribution is 2.37. The van der Waals surface area contributed by atoms with Gasteiger partial charge < -0.3 is 10.2 Å². The molecule has 2 aliphatic rings. The molecule has 1 amide bonds. The second-order valence-electron chi connectivity index (χ2n) is 5.58. The van der Waals surface area contributed by atoms with Crippen LogP contribution < -0.4 is 5.32 Å². The normalized spacial score (nSPS) is 22.0. The molecule has 1 spiro atoms. The first-order valence-corrected chi connectivity index (χ1v) is 7.76. The number of amides is 1. The zero-order valence-corrected chi connectivity index (χ0v) is 12.7. The highest BCUT2D eigenvalue weighted by atomic mass is 35.5. The maximum atomic E-state index is 12.2. The summed E-state index contributed by atoms with van der Waals surface area (Å²) in [6.45, 7) is 4.17. The third-order valence-electron chi connectivity index (χ3n) is 4.44. The average molecular weight is 301 g/mol. The largest absolute Gasteiger partial charge is 0.339 e. The zero-order valence-electron chi connectivity index (χ0n) is 11.1. The summed E-state index contributed by atoms with van der Waals surface area (Å²) in [6, 6.07) is 1.93. The molecule has 0 aromatic carbocycles. The molecule has 5 heteroatoms. The Morgan fingerprint density at radius 2 is 2.11 bits per heavy atom. The molecular weight excluding hydrogens is 280 g/mol. The predicted octanol–water partition coefficient (Wildman–Crippen LogP) is 2.78. The molecule has 0 radical (unpaired) electrons. The SMILES string of the molecule is Cl.O=C(c1ccsc1)N1CCC2(CCCNC2)CC1. The van der Waals surface area contributed by atoms with E-state index in [1.165, 1.54) is 19.4 Å². The molecule has 0 aliphatic carbocycles. The quantitative estimate of drug-likeness (QED) is 0.865. The highest BCUT2D eigenvalue weighted by Gasteiger charge is 2.36. The van der Waals surface area contributed by atoms with Crippen LogP contribution in [0.15, 0.2) is 16.8 Å². The highest BCUT2D eigenvalue weighted by molar-refractivity contribution is 7.08. The number of halogens is 1. The average Bonchev–Trinajstić information content (AvgIpc) is 2.94. The Morgan fingerprint density at radius 1 is 1.32 bits per heavy atom. The molecule has 1 aromatic rings. The van der Waals surface area contributed by atoms with Crippen molar-refractivity contribution >= 4 is 29.7 Å². The standard InChI is InChI=1S/C14H20N2OS.ClH/c17-13(12-2-9-18-10-12)16-7-4-14(5-8-16)3-1-6-15-11-14;/h2,9-10,15H,1,3-8,11H2;1H. The summed E-state index contributed by atoms with van der Waals surface area (Å²) in [7, 11) is 0. The third kappa shape index (κ3) is 3.12. The molecule has 3 rings (SSSR count). The van der Waals surface area contributed by atoms with E-state index >= 15 is 0 Å². The molecule has 0 saturated carbocycles. The van der Waals surface area contributed by atoms with Gasteiger partial charge in [0, 0.05) is 25.0 Å². The van der Waals surface area contributed by atoms with Crippen molar-refractivity contribution in [1.82, 2.24) is 10.2 Å². The molecule has 1 N–H and O–H groups in total. The Kier molecular flexibility index (Phi) is 4.87. The van der Waals surface area contributed by atoms with E-state index in [4.69, 9.17) is 0 Å². The van der Waals surface area contributed by atoms with Crippen molar-refractivity contribution in [1.29, 1.82) is 0 Å². The molecule has 106 valence electrons. The number of hydrogen-bond donors (Lipinski definition) is 1. The maximum Gasteiger partial charge on any atom is 0.254 e. The van der Waals surface area contributed by atoms with Crippen LogP contribution in [0.4, 0.5) is 0 Å². The molecule has 2 saturated heterocycles. The van der Waals surface area contributed by atoms with Gasteiger partial charge in [-0.3, -0.25) is 4.79 Å². The van der Waals surface area contributed by atoms with Gasteiger partial charge in [0.1, 0.15) is 0 Å². The molecule has 0 unspecified atom stereocenters. The van der Waals surface area contributed by atoms with Crippen LogP contribution in [-0.4, -0.2) is 37.0 Å². The number of likely N-dealkylation sites (tertiary alicyclic amines) is 1. The van der Waals surface area contributed by atoms with E-state index in [1.54, 1.807) is 11.3 Å². The van der Waals surface area contributed by atoms with Crippen molar-refractivity contribution in [3.8, 4) is 0 Å². The lowest BCUT2D eigenvalue weighted by atomic mass is 9.73. The molecule has 0 atom stereocenters. The lowest BCUT2D eigenvalue weighted by molar-refractivity contribution is 0.0514. The molecule has 0 bridgehead atoms. The van der Waals surface area contributed by atoms with Crippen LogP contribution in [0, 0.1) is 5.41 Å². The molecule has 3 heterocycles. The van der Waals surface area contributed by atoms with E-state index in [0.717, 1.165) is 38.0 Å².